The number of carbonyl (C=O) groups excluding carboxylic acids is 2. The molecular weight excluding hydrogens is 394 g/mol. The number of nitrogens with one attached hydrogen (secondary N) is 2. The molecule has 3 aromatic carbocycles. The smallest absolute Gasteiger partial charge is 0.273 e. The predicted octanol–water partition coefficient (Wildman–Crippen LogP) is 5.06. The summed E-state index contributed by atoms with van der Waals surface area (Å²) in [6.07, 6.45) is 0. The molecule has 0 heterocycles. The van der Waals surface area contributed by atoms with E-state index in [9.17, 15) is 19.7 Å². The molecule has 0 aromatic heterocycles. The zero-order chi connectivity index (χ0) is 21.0. The Balaban J connectivity index is 1.78. The highest BCUT2D eigenvalue weighted by Crippen LogP contribution is 2.23. The maximum Gasteiger partial charge on any atom is 0.273 e. The van der Waals surface area contributed by atoms with Gasteiger partial charge in [-0.15, -0.1) is 0 Å². The van der Waals surface area contributed by atoms with Gasteiger partial charge in [0, 0.05) is 28.6 Å². The number of carbonyl (C=O) groups is 2. The van der Waals surface area contributed by atoms with Gasteiger partial charge < -0.3 is 10.6 Å². The molecule has 0 aliphatic heterocycles. The summed E-state index contributed by atoms with van der Waals surface area (Å²) in [5.41, 5.74) is 1.57. The Hall–Kier alpha value is -3.71. The fourth-order valence-corrected chi connectivity index (χ4v) is 3.01. The number of nitro benzene ring substituents is 1. The standard InChI is InChI=1S/C21H16ClN3O4/c1-13-16(9-5-11-19(13)25(28)29)20(26)23-14-6-4-7-15(12-14)24-21(27)17-8-2-3-10-18(17)22/h2-12H,1H3,(H,23,26)(H,24,27). The van der Waals surface area contributed by atoms with Crippen LogP contribution < -0.4 is 10.6 Å². The molecule has 29 heavy (non-hydrogen) atoms. The number of nitro groups is 1. The Bertz CT molecular complexity index is 1110. The van der Waals surface area contributed by atoms with Crippen LogP contribution in [0.25, 0.3) is 0 Å². The summed E-state index contributed by atoms with van der Waals surface area (Å²) in [4.78, 5) is 35.5. The van der Waals surface area contributed by atoms with E-state index in [4.69, 9.17) is 11.6 Å². The van der Waals surface area contributed by atoms with Crippen molar-refractivity contribution < 1.29 is 14.5 Å². The van der Waals surface area contributed by atoms with Gasteiger partial charge in [-0.05, 0) is 43.3 Å². The molecule has 0 spiro atoms. The van der Waals surface area contributed by atoms with Crippen molar-refractivity contribution in [3.05, 3.63) is 98.6 Å². The predicted molar refractivity (Wildman–Crippen MR) is 112 cm³/mol. The molecule has 0 aliphatic carbocycles. The van der Waals surface area contributed by atoms with Crippen LogP contribution in [0.3, 0.4) is 0 Å². The van der Waals surface area contributed by atoms with Crippen LogP contribution >= 0.6 is 11.6 Å². The molecule has 7 nitrogen and oxygen atoms in total. The monoisotopic (exact) mass is 409 g/mol. The highest BCUT2D eigenvalue weighted by Gasteiger charge is 2.18. The van der Waals surface area contributed by atoms with Crippen LogP contribution in [0.1, 0.15) is 26.3 Å². The van der Waals surface area contributed by atoms with E-state index in [1.807, 2.05) is 0 Å². The minimum absolute atomic E-state index is 0.126. The first kappa shape index (κ1) is 20.0. The second-order valence-corrected chi connectivity index (χ2v) is 6.58. The number of benzene rings is 3. The number of nitrogens with zero attached hydrogens (tertiary/aromatic N) is 1. The van der Waals surface area contributed by atoms with E-state index in [-0.39, 0.29) is 22.7 Å². The summed E-state index contributed by atoms with van der Waals surface area (Å²) in [6, 6.07) is 17.5. The zero-order valence-corrected chi connectivity index (χ0v) is 16.1. The molecule has 0 radical (unpaired) electrons. The summed E-state index contributed by atoms with van der Waals surface area (Å²) >= 11 is 6.04. The maximum absolute atomic E-state index is 12.6. The van der Waals surface area contributed by atoms with Gasteiger partial charge in [0.25, 0.3) is 17.5 Å². The van der Waals surface area contributed by atoms with Gasteiger partial charge in [0.2, 0.25) is 0 Å². The van der Waals surface area contributed by atoms with Crippen molar-refractivity contribution in [2.75, 3.05) is 10.6 Å². The topological polar surface area (TPSA) is 101 Å². The Morgan fingerprint density at radius 3 is 2.03 bits per heavy atom. The van der Waals surface area contributed by atoms with Crippen molar-refractivity contribution in [3.8, 4) is 0 Å². The summed E-state index contributed by atoms with van der Waals surface area (Å²) in [7, 11) is 0. The lowest BCUT2D eigenvalue weighted by Crippen LogP contribution is -2.15. The Kier molecular flexibility index (Phi) is 5.90. The van der Waals surface area contributed by atoms with Crippen molar-refractivity contribution in [2.45, 2.75) is 6.92 Å². The van der Waals surface area contributed by atoms with E-state index in [0.29, 0.717) is 22.0 Å². The lowest BCUT2D eigenvalue weighted by Gasteiger charge is -2.11. The molecule has 0 bridgehead atoms. The molecule has 2 N–H and O–H groups in total. The molecular formula is C21H16ClN3O4. The lowest BCUT2D eigenvalue weighted by atomic mass is 10.1. The van der Waals surface area contributed by atoms with Crippen molar-refractivity contribution in [1.29, 1.82) is 0 Å². The van der Waals surface area contributed by atoms with Crippen LogP contribution in [0, 0.1) is 17.0 Å². The molecule has 3 rings (SSSR count). The fourth-order valence-electron chi connectivity index (χ4n) is 2.78. The molecule has 146 valence electrons. The number of halogens is 1. The largest absolute Gasteiger partial charge is 0.322 e. The number of hydrogen-bond acceptors (Lipinski definition) is 4. The van der Waals surface area contributed by atoms with Gasteiger partial charge in [-0.2, -0.15) is 0 Å². The highest BCUT2D eigenvalue weighted by atomic mass is 35.5. The number of rotatable bonds is 5. The average Bonchev–Trinajstić information content (AvgIpc) is 2.68. The van der Waals surface area contributed by atoms with Gasteiger partial charge >= 0.3 is 0 Å². The minimum atomic E-state index is -0.531. The summed E-state index contributed by atoms with van der Waals surface area (Å²) in [6.45, 7) is 1.52. The van der Waals surface area contributed by atoms with Gasteiger partial charge in [-0.1, -0.05) is 35.9 Å². The van der Waals surface area contributed by atoms with Gasteiger partial charge in [-0.3, -0.25) is 19.7 Å². The Labute approximate surface area is 171 Å². The Morgan fingerprint density at radius 2 is 1.41 bits per heavy atom. The molecule has 8 heteroatoms. The van der Waals surface area contributed by atoms with E-state index in [2.05, 4.69) is 10.6 Å². The highest BCUT2D eigenvalue weighted by molar-refractivity contribution is 6.34. The quantitative estimate of drug-likeness (QED) is 0.454. The average molecular weight is 410 g/mol. The summed E-state index contributed by atoms with van der Waals surface area (Å²) < 4.78 is 0. The molecule has 2 amide bonds. The van der Waals surface area contributed by atoms with Gasteiger partial charge in [0.15, 0.2) is 0 Å². The van der Waals surface area contributed by atoms with Gasteiger partial charge in [-0.25, -0.2) is 0 Å². The third-order valence-electron chi connectivity index (χ3n) is 4.24. The Morgan fingerprint density at radius 1 is 0.862 bits per heavy atom. The van der Waals surface area contributed by atoms with E-state index in [1.54, 1.807) is 48.5 Å². The van der Waals surface area contributed by atoms with Crippen LogP contribution in [0.4, 0.5) is 17.1 Å². The first-order valence-corrected chi connectivity index (χ1v) is 8.96. The van der Waals surface area contributed by atoms with Crippen LogP contribution in [-0.2, 0) is 0 Å². The van der Waals surface area contributed by atoms with Gasteiger partial charge in [0.05, 0.1) is 15.5 Å². The number of anilines is 2. The van der Waals surface area contributed by atoms with Crippen molar-refractivity contribution in [2.24, 2.45) is 0 Å². The molecule has 0 saturated heterocycles. The first-order valence-electron chi connectivity index (χ1n) is 8.58. The third kappa shape index (κ3) is 4.59. The summed E-state index contributed by atoms with van der Waals surface area (Å²) in [5.74, 6) is -0.866. The van der Waals surface area contributed by atoms with E-state index in [0.717, 1.165) is 0 Å². The van der Waals surface area contributed by atoms with E-state index >= 15 is 0 Å². The maximum atomic E-state index is 12.6. The van der Waals surface area contributed by atoms with Crippen LogP contribution in [0.2, 0.25) is 5.02 Å². The van der Waals surface area contributed by atoms with Gasteiger partial charge in [0.1, 0.15) is 0 Å². The van der Waals surface area contributed by atoms with Crippen LogP contribution in [0.5, 0.6) is 0 Å². The molecule has 0 saturated carbocycles. The minimum Gasteiger partial charge on any atom is -0.322 e. The number of amides is 2. The second kappa shape index (κ2) is 8.53. The third-order valence-corrected chi connectivity index (χ3v) is 4.57. The van der Waals surface area contributed by atoms with Crippen molar-refractivity contribution in [3.63, 3.8) is 0 Å². The first-order chi connectivity index (χ1) is 13.9. The van der Waals surface area contributed by atoms with Crippen LogP contribution in [0.15, 0.2) is 66.7 Å². The van der Waals surface area contributed by atoms with E-state index in [1.165, 1.54) is 25.1 Å². The van der Waals surface area contributed by atoms with Crippen LogP contribution in [-0.4, -0.2) is 16.7 Å². The molecule has 0 atom stereocenters. The fraction of sp³-hybridized carbons (Fsp3) is 0.0476. The second-order valence-electron chi connectivity index (χ2n) is 6.18. The zero-order valence-electron chi connectivity index (χ0n) is 15.3. The lowest BCUT2D eigenvalue weighted by molar-refractivity contribution is -0.385. The molecule has 0 aliphatic rings. The number of hydrogen-bond donors (Lipinski definition) is 2. The summed E-state index contributed by atoms with van der Waals surface area (Å²) in [5, 5.41) is 16.8. The normalized spacial score (nSPS) is 10.3. The van der Waals surface area contributed by atoms with Crippen molar-refractivity contribution in [1.82, 2.24) is 0 Å². The molecule has 0 fully saturated rings. The van der Waals surface area contributed by atoms with Crippen molar-refractivity contribution >= 4 is 40.5 Å². The SMILES string of the molecule is Cc1c(C(=O)Nc2cccc(NC(=O)c3ccccc3Cl)c2)cccc1[N+](=O)[O-]. The molecule has 3 aromatic rings. The van der Waals surface area contributed by atoms with E-state index < -0.39 is 10.8 Å². The molecule has 0 unspecified atom stereocenters.